The molecule has 0 saturated carbocycles. The highest BCUT2D eigenvalue weighted by atomic mass is 35.5. The third-order valence-corrected chi connectivity index (χ3v) is 3.57. The van der Waals surface area contributed by atoms with Gasteiger partial charge in [0.15, 0.2) is 5.82 Å². The van der Waals surface area contributed by atoms with E-state index in [9.17, 15) is 13.6 Å². The van der Waals surface area contributed by atoms with E-state index in [4.69, 9.17) is 11.6 Å². The molecule has 3 rings (SSSR count). The summed E-state index contributed by atoms with van der Waals surface area (Å²) in [6, 6.07) is 11.1. The second-order valence-corrected chi connectivity index (χ2v) is 5.21. The Hall–Kier alpha value is -2.40. The SMILES string of the molecule is O=c1[nH]c2c(F)cccc2c(CNc2cccc(Cl)c2)c1F. The summed E-state index contributed by atoms with van der Waals surface area (Å²) >= 11 is 5.88. The first-order valence-electron chi connectivity index (χ1n) is 6.54. The van der Waals surface area contributed by atoms with E-state index in [0.717, 1.165) is 0 Å². The molecule has 0 unspecified atom stereocenters. The van der Waals surface area contributed by atoms with Crippen molar-refractivity contribution in [1.82, 2.24) is 4.98 Å². The number of pyridine rings is 1. The summed E-state index contributed by atoms with van der Waals surface area (Å²) < 4.78 is 27.9. The maximum atomic E-state index is 14.1. The van der Waals surface area contributed by atoms with E-state index in [1.54, 1.807) is 30.3 Å². The molecule has 3 aromatic rings. The van der Waals surface area contributed by atoms with Gasteiger partial charge in [0.2, 0.25) is 0 Å². The van der Waals surface area contributed by atoms with Gasteiger partial charge in [0.05, 0.1) is 5.52 Å². The molecule has 0 radical (unpaired) electrons. The number of anilines is 1. The fourth-order valence-corrected chi connectivity index (χ4v) is 2.48. The summed E-state index contributed by atoms with van der Waals surface area (Å²) in [7, 11) is 0. The number of halogens is 3. The van der Waals surface area contributed by atoms with Gasteiger partial charge in [-0.3, -0.25) is 4.79 Å². The number of rotatable bonds is 3. The van der Waals surface area contributed by atoms with Gasteiger partial charge in [0, 0.05) is 28.2 Å². The minimum absolute atomic E-state index is 0.00297. The summed E-state index contributed by atoms with van der Waals surface area (Å²) in [6.45, 7) is 0.0377. The number of aromatic nitrogens is 1. The fraction of sp³-hybridized carbons (Fsp3) is 0.0625. The van der Waals surface area contributed by atoms with Crippen LogP contribution in [0.3, 0.4) is 0 Å². The van der Waals surface area contributed by atoms with Crippen molar-refractivity contribution in [2.45, 2.75) is 6.54 Å². The van der Waals surface area contributed by atoms with Crippen molar-refractivity contribution in [1.29, 1.82) is 0 Å². The molecule has 6 heteroatoms. The van der Waals surface area contributed by atoms with Crippen molar-refractivity contribution >= 4 is 28.2 Å². The summed E-state index contributed by atoms with van der Waals surface area (Å²) in [6.07, 6.45) is 0. The average molecular weight is 321 g/mol. The quantitative estimate of drug-likeness (QED) is 0.764. The number of fused-ring (bicyclic) bond motifs is 1. The van der Waals surface area contributed by atoms with E-state index in [-0.39, 0.29) is 17.6 Å². The highest BCUT2D eigenvalue weighted by Gasteiger charge is 2.14. The molecule has 1 aromatic heterocycles. The van der Waals surface area contributed by atoms with Gasteiger partial charge in [-0.1, -0.05) is 29.8 Å². The van der Waals surface area contributed by atoms with Crippen molar-refractivity contribution in [3.8, 4) is 0 Å². The fourth-order valence-electron chi connectivity index (χ4n) is 2.29. The summed E-state index contributed by atoms with van der Waals surface area (Å²) in [4.78, 5) is 13.8. The molecule has 1 heterocycles. The third-order valence-electron chi connectivity index (χ3n) is 3.34. The molecular weight excluding hydrogens is 310 g/mol. The molecule has 0 saturated heterocycles. The molecule has 0 amide bonds. The monoisotopic (exact) mass is 320 g/mol. The summed E-state index contributed by atoms with van der Waals surface area (Å²) in [5.41, 5.74) is -0.160. The smallest absolute Gasteiger partial charge is 0.284 e. The minimum atomic E-state index is -0.944. The molecular formula is C16H11ClF2N2O. The maximum absolute atomic E-state index is 14.1. The van der Waals surface area contributed by atoms with Crippen LogP contribution in [-0.2, 0) is 6.54 Å². The van der Waals surface area contributed by atoms with E-state index in [0.29, 0.717) is 16.1 Å². The van der Waals surface area contributed by atoms with Crippen molar-refractivity contribution in [3.63, 3.8) is 0 Å². The van der Waals surface area contributed by atoms with Gasteiger partial charge in [0.25, 0.3) is 5.56 Å². The molecule has 0 atom stereocenters. The van der Waals surface area contributed by atoms with Crippen molar-refractivity contribution < 1.29 is 8.78 Å². The zero-order chi connectivity index (χ0) is 15.7. The Labute approximate surface area is 129 Å². The number of nitrogens with one attached hydrogen (secondary N) is 2. The zero-order valence-corrected chi connectivity index (χ0v) is 12.0. The predicted molar refractivity (Wildman–Crippen MR) is 83.3 cm³/mol. The number of para-hydroxylation sites is 1. The molecule has 0 spiro atoms. The second kappa shape index (κ2) is 5.77. The number of H-pyrrole nitrogens is 1. The molecule has 2 N–H and O–H groups in total. The van der Waals surface area contributed by atoms with Gasteiger partial charge in [0.1, 0.15) is 5.82 Å². The van der Waals surface area contributed by atoms with Crippen molar-refractivity contribution in [2.75, 3.05) is 5.32 Å². The number of benzene rings is 2. The Morgan fingerprint density at radius 2 is 1.91 bits per heavy atom. The number of hydrogen-bond acceptors (Lipinski definition) is 2. The van der Waals surface area contributed by atoms with Crippen LogP contribution in [0.25, 0.3) is 10.9 Å². The molecule has 2 aromatic carbocycles. The summed E-state index contributed by atoms with van der Waals surface area (Å²) in [5, 5.41) is 3.84. The van der Waals surface area contributed by atoms with Crippen molar-refractivity contribution in [3.05, 3.63) is 75.0 Å². The molecule has 0 bridgehead atoms. The van der Waals surface area contributed by atoms with Gasteiger partial charge in [-0.05, 0) is 24.3 Å². The Kier molecular flexibility index (Phi) is 3.81. The molecule has 0 aliphatic rings. The molecule has 112 valence electrons. The van der Waals surface area contributed by atoms with E-state index < -0.39 is 17.2 Å². The Morgan fingerprint density at radius 3 is 2.68 bits per heavy atom. The zero-order valence-electron chi connectivity index (χ0n) is 11.3. The second-order valence-electron chi connectivity index (χ2n) is 4.77. The lowest BCUT2D eigenvalue weighted by Crippen LogP contribution is -2.17. The lowest BCUT2D eigenvalue weighted by atomic mass is 10.1. The molecule has 0 aliphatic heterocycles. The van der Waals surface area contributed by atoms with E-state index in [1.165, 1.54) is 12.1 Å². The standard InChI is InChI=1S/C16H11ClF2N2O/c17-9-3-1-4-10(7-9)20-8-12-11-5-2-6-13(18)15(11)21-16(22)14(12)19/h1-7,20H,8H2,(H,21,22). The molecule has 0 fully saturated rings. The largest absolute Gasteiger partial charge is 0.381 e. The van der Waals surface area contributed by atoms with Crippen LogP contribution < -0.4 is 10.9 Å². The lowest BCUT2D eigenvalue weighted by Gasteiger charge is -2.11. The molecule has 3 nitrogen and oxygen atoms in total. The lowest BCUT2D eigenvalue weighted by molar-refractivity contribution is 0.594. The van der Waals surface area contributed by atoms with E-state index in [2.05, 4.69) is 10.3 Å². The van der Waals surface area contributed by atoms with Crippen LogP contribution in [0.2, 0.25) is 5.02 Å². The van der Waals surface area contributed by atoms with Crippen molar-refractivity contribution in [2.24, 2.45) is 0 Å². The van der Waals surface area contributed by atoms with Crippen LogP contribution in [0.5, 0.6) is 0 Å². The predicted octanol–water partition coefficient (Wildman–Crippen LogP) is 4.07. The number of aromatic amines is 1. The molecule has 0 aliphatic carbocycles. The molecule has 22 heavy (non-hydrogen) atoms. The van der Waals surface area contributed by atoms with Gasteiger partial charge < -0.3 is 10.3 Å². The van der Waals surface area contributed by atoms with Gasteiger partial charge in [-0.25, -0.2) is 8.78 Å². The van der Waals surface area contributed by atoms with E-state index in [1.807, 2.05) is 0 Å². The Bertz CT molecular complexity index is 908. The number of hydrogen-bond donors (Lipinski definition) is 2. The highest BCUT2D eigenvalue weighted by Crippen LogP contribution is 2.22. The Morgan fingerprint density at radius 1 is 1.14 bits per heavy atom. The van der Waals surface area contributed by atoms with Crippen LogP contribution in [0.15, 0.2) is 47.3 Å². The first-order valence-corrected chi connectivity index (χ1v) is 6.92. The van der Waals surface area contributed by atoms with Crippen LogP contribution in [0.4, 0.5) is 14.5 Å². The topological polar surface area (TPSA) is 44.9 Å². The minimum Gasteiger partial charge on any atom is -0.381 e. The third kappa shape index (κ3) is 2.67. The van der Waals surface area contributed by atoms with E-state index >= 15 is 0 Å². The van der Waals surface area contributed by atoms with Crippen LogP contribution in [0.1, 0.15) is 5.56 Å². The van der Waals surface area contributed by atoms with Crippen LogP contribution in [-0.4, -0.2) is 4.98 Å². The van der Waals surface area contributed by atoms with Crippen LogP contribution >= 0.6 is 11.6 Å². The highest BCUT2D eigenvalue weighted by molar-refractivity contribution is 6.30. The average Bonchev–Trinajstić information content (AvgIpc) is 2.49. The van der Waals surface area contributed by atoms with Gasteiger partial charge in [-0.15, -0.1) is 0 Å². The van der Waals surface area contributed by atoms with Crippen LogP contribution in [0, 0.1) is 11.6 Å². The normalized spacial score (nSPS) is 10.9. The van der Waals surface area contributed by atoms with Gasteiger partial charge in [-0.2, -0.15) is 0 Å². The summed E-state index contributed by atoms with van der Waals surface area (Å²) in [5.74, 6) is -1.52. The first-order chi connectivity index (χ1) is 10.6. The first kappa shape index (κ1) is 14.5. The van der Waals surface area contributed by atoms with Gasteiger partial charge >= 0.3 is 0 Å². The maximum Gasteiger partial charge on any atom is 0.284 e. The Balaban J connectivity index is 2.04.